The van der Waals surface area contributed by atoms with Gasteiger partial charge in [-0.15, -0.1) is 0 Å². The van der Waals surface area contributed by atoms with Gasteiger partial charge in [-0.05, 0) is 49.6 Å². The molecule has 1 amide bonds. The Bertz CT molecular complexity index is 956. The van der Waals surface area contributed by atoms with E-state index in [4.69, 9.17) is 16.3 Å². The minimum absolute atomic E-state index is 0.0338. The third-order valence-electron chi connectivity index (χ3n) is 3.89. The Morgan fingerprint density at radius 2 is 1.90 bits per heavy atom. The van der Waals surface area contributed by atoms with Crippen LogP contribution >= 0.6 is 23.4 Å². The van der Waals surface area contributed by atoms with Crippen LogP contribution < -0.4 is 10.0 Å². The fourth-order valence-corrected chi connectivity index (χ4v) is 4.13. The molecule has 11 heteroatoms. The number of aromatic nitrogens is 1. The SMILES string of the molecule is CSCC[C@@H](NS(=O)(=O)c1ccccc1)C(=O)O[C@H](C)C(=O)Nc1ccc(Cl)cn1. The highest BCUT2D eigenvalue weighted by Crippen LogP contribution is 2.13. The normalized spacial score (nSPS) is 13.3. The number of amides is 1. The van der Waals surface area contributed by atoms with Gasteiger partial charge in [-0.2, -0.15) is 16.5 Å². The summed E-state index contributed by atoms with van der Waals surface area (Å²) < 4.78 is 32.7. The van der Waals surface area contributed by atoms with Crippen molar-refractivity contribution in [2.45, 2.75) is 30.4 Å². The first-order valence-electron chi connectivity index (χ1n) is 8.92. The molecule has 2 aromatic rings. The molecule has 8 nitrogen and oxygen atoms in total. The summed E-state index contributed by atoms with van der Waals surface area (Å²) >= 11 is 7.21. The lowest BCUT2D eigenvalue weighted by Crippen LogP contribution is -2.44. The molecule has 0 aliphatic heterocycles. The van der Waals surface area contributed by atoms with Crippen LogP contribution in [0, 0.1) is 0 Å². The van der Waals surface area contributed by atoms with Gasteiger partial charge in [0.25, 0.3) is 5.91 Å². The zero-order valence-electron chi connectivity index (χ0n) is 16.4. The van der Waals surface area contributed by atoms with Crippen LogP contribution in [0.4, 0.5) is 5.82 Å². The first kappa shape index (κ1) is 24.1. The van der Waals surface area contributed by atoms with Crippen molar-refractivity contribution >= 4 is 51.1 Å². The zero-order chi connectivity index (χ0) is 22.1. The number of nitrogens with one attached hydrogen (secondary N) is 2. The van der Waals surface area contributed by atoms with E-state index in [1.54, 1.807) is 24.3 Å². The number of carbonyl (C=O) groups excluding carboxylic acids is 2. The molecular weight excluding hydrogens is 450 g/mol. The van der Waals surface area contributed by atoms with Gasteiger partial charge in [0.2, 0.25) is 10.0 Å². The number of anilines is 1. The number of nitrogens with zero attached hydrogens (tertiary/aromatic N) is 1. The van der Waals surface area contributed by atoms with Gasteiger partial charge in [0.15, 0.2) is 6.10 Å². The summed E-state index contributed by atoms with van der Waals surface area (Å²) in [5, 5.41) is 2.91. The number of hydrogen-bond donors (Lipinski definition) is 2. The van der Waals surface area contributed by atoms with Crippen LogP contribution in [0.2, 0.25) is 5.02 Å². The fraction of sp³-hybridized carbons (Fsp3) is 0.316. The Hall–Kier alpha value is -2.14. The maximum Gasteiger partial charge on any atom is 0.324 e. The minimum Gasteiger partial charge on any atom is -0.451 e. The molecule has 0 spiro atoms. The predicted molar refractivity (Wildman–Crippen MR) is 117 cm³/mol. The Morgan fingerprint density at radius 1 is 1.20 bits per heavy atom. The van der Waals surface area contributed by atoms with Crippen LogP contribution in [-0.4, -0.2) is 49.4 Å². The Labute approximate surface area is 184 Å². The van der Waals surface area contributed by atoms with Crippen molar-refractivity contribution < 1.29 is 22.7 Å². The quantitative estimate of drug-likeness (QED) is 0.512. The largest absolute Gasteiger partial charge is 0.451 e. The molecule has 30 heavy (non-hydrogen) atoms. The van der Waals surface area contributed by atoms with Crippen LogP contribution in [0.1, 0.15) is 13.3 Å². The van der Waals surface area contributed by atoms with Crippen molar-refractivity contribution in [2.24, 2.45) is 0 Å². The molecule has 1 heterocycles. The van der Waals surface area contributed by atoms with Gasteiger partial charge in [-0.1, -0.05) is 29.8 Å². The summed E-state index contributed by atoms with van der Waals surface area (Å²) in [6, 6.07) is 9.63. The number of pyridine rings is 1. The number of rotatable bonds is 10. The lowest BCUT2D eigenvalue weighted by molar-refractivity contribution is -0.154. The molecule has 0 saturated carbocycles. The fourth-order valence-electron chi connectivity index (χ4n) is 2.30. The molecule has 0 aliphatic rings. The molecule has 0 aliphatic carbocycles. The van der Waals surface area contributed by atoms with Gasteiger partial charge in [0.1, 0.15) is 11.9 Å². The molecule has 2 atom stereocenters. The first-order chi connectivity index (χ1) is 14.2. The van der Waals surface area contributed by atoms with Gasteiger partial charge in [0, 0.05) is 6.20 Å². The van der Waals surface area contributed by atoms with E-state index < -0.39 is 34.0 Å². The van der Waals surface area contributed by atoms with Gasteiger partial charge in [-0.25, -0.2) is 13.4 Å². The second kappa shape index (κ2) is 11.3. The molecule has 1 aromatic carbocycles. The van der Waals surface area contributed by atoms with Crippen LogP contribution in [0.15, 0.2) is 53.6 Å². The average molecular weight is 472 g/mol. The smallest absolute Gasteiger partial charge is 0.324 e. The van der Waals surface area contributed by atoms with E-state index in [9.17, 15) is 18.0 Å². The molecule has 2 rings (SSSR count). The number of ether oxygens (including phenoxy) is 1. The topological polar surface area (TPSA) is 114 Å². The van der Waals surface area contributed by atoms with E-state index in [-0.39, 0.29) is 17.1 Å². The highest BCUT2D eigenvalue weighted by molar-refractivity contribution is 7.98. The Balaban J connectivity index is 2.04. The molecule has 2 N–H and O–H groups in total. The number of benzene rings is 1. The van der Waals surface area contributed by atoms with Crippen molar-refractivity contribution in [2.75, 3.05) is 17.3 Å². The predicted octanol–water partition coefficient (Wildman–Crippen LogP) is 2.71. The minimum atomic E-state index is -3.93. The summed E-state index contributed by atoms with van der Waals surface area (Å²) in [4.78, 5) is 28.8. The number of carbonyl (C=O) groups is 2. The van der Waals surface area contributed by atoms with Gasteiger partial charge in [0.05, 0.1) is 9.92 Å². The maximum absolute atomic E-state index is 12.6. The monoisotopic (exact) mass is 471 g/mol. The van der Waals surface area contributed by atoms with E-state index in [1.165, 1.54) is 43.1 Å². The highest BCUT2D eigenvalue weighted by Gasteiger charge is 2.29. The average Bonchev–Trinajstić information content (AvgIpc) is 2.73. The van der Waals surface area contributed by atoms with Gasteiger partial charge < -0.3 is 10.1 Å². The molecule has 162 valence electrons. The molecule has 0 radical (unpaired) electrons. The summed E-state index contributed by atoms with van der Waals surface area (Å²) in [5.74, 6) is -0.675. The van der Waals surface area contributed by atoms with Crippen LogP contribution in [-0.2, 0) is 24.3 Å². The van der Waals surface area contributed by atoms with Crippen LogP contribution in [0.3, 0.4) is 0 Å². The number of sulfonamides is 1. The Morgan fingerprint density at radius 3 is 2.50 bits per heavy atom. The van der Waals surface area contributed by atoms with E-state index in [0.29, 0.717) is 10.8 Å². The summed E-state index contributed by atoms with van der Waals surface area (Å²) in [5.41, 5.74) is 0. The van der Waals surface area contributed by atoms with Crippen LogP contribution in [0.5, 0.6) is 0 Å². The second-order valence-electron chi connectivity index (χ2n) is 6.20. The zero-order valence-corrected chi connectivity index (χ0v) is 18.8. The number of thioether (sulfide) groups is 1. The number of halogens is 1. The molecule has 0 bridgehead atoms. The first-order valence-corrected chi connectivity index (χ1v) is 12.2. The third-order valence-corrected chi connectivity index (χ3v) is 6.24. The lowest BCUT2D eigenvalue weighted by Gasteiger charge is -2.20. The molecule has 1 aromatic heterocycles. The second-order valence-corrected chi connectivity index (χ2v) is 9.33. The Kier molecular flexibility index (Phi) is 9.09. The van der Waals surface area contributed by atoms with E-state index in [2.05, 4.69) is 15.0 Å². The van der Waals surface area contributed by atoms with Gasteiger partial charge in [-0.3, -0.25) is 9.59 Å². The van der Waals surface area contributed by atoms with Crippen molar-refractivity contribution in [1.82, 2.24) is 9.71 Å². The summed E-state index contributed by atoms with van der Waals surface area (Å²) in [6.45, 7) is 1.39. The van der Waals surface area contributed by atoms with Crippen molar-refractivity contribution in [3.63, 3.8) is 0 Å². The number of hydrogen-bond acceptors (Lipinski definition) is 7. The number of esters is 1. The maximum atomic E-state index is 12.6. The molecule has 0 saturated heterocycles. The summed E-state index contributed by atoms with van der Waals surface area (Å²) in [7, 11) is -3.93. The lowest BCUT2D eigenvalue weighted by atomic mass is 10.2. The molecule has 0 unspecified atom stereocenters. The van der Waals surface area contributed by atoms with E-state index >= 15 is 0 Å². The standard InChI is InChI=1S/C19H22ClN3O5S2/c1-13(18(24)22-17-9-8-14(20)12-21-17)28-19(25)16(10-11-29-2)23-30(26,27)15-6-4-3-5-7-15/h3-9,12-13,16,23H,10-11H2,1-2H3,(H,21,22,24)/t13-,16-/m1/s1. The van der Waals surface area contributed by atoms with E-state index in [1.807, 2.05) is 6.26 Å². The van der Waals surface area contributed by atoms with Gasteiger partial charge >= 0.3 is 5.97 Å². The van der Waals surface area contributed by atoms with Crippen molar-refractivity contribution in [3.8, 4) is 0 Å². The highest BCUT2D eigenvalue weighted by atomic mass is 35.5. The van der Waals surface area contributed by atoms with E-state index in [0.717, 1.165) is 0 Å². The van der Waals surface area contributed by atoms with Crippen molar-refractivity contribution in [3.05, 3.63) is 53.7 Å². The molecule has 0 fully saturated rings. The third kappa shape index (κ3) is 7.28. The van der Waals surface area contributed by atoms with Crippen LogP contribution in [0.25, 0.3) is 0 Å². The summed E-state index contributed by atoms with van der Waals surface area (Å²) in [6.07, 6.45) is 2.25. The molecular formula is C19H22ClN3O5S2. The van der Waals surface area contributed by atoms with Crippen molar-refractivity contribution in [1.29, 1.82) is 0 Å².